The Balaban J connectivity index is 1.93. The minimum absolute atomic E-state index is 0.0776. The van der Waals surface area contributed by atoms with Crippen LogP contribution in [-0.2, 0) is 12.8 Å². The van der Waals surface area contributed by atoms with E-state index in [9.17, 15) is 0 Å². The van der Waals surface area contributed by atoms with Crippen molar-refractivity contribution in [1.82, 2.24) is 0 Å². The van der Waals surface area contributed by atoms with Crippen LogP contribution >= 0.6 is 50.5 Å². The largest absolute Gasteiger partial charge is 0.492 e. The number of rotatable bonds is 4. The molecule has 1 aromatic carbocycles. The van der Waals surface area contributed by atoms with E-state index in [1.807, 2.05) is 24.3 Å². The summed E-state index contributed by atoms with van der Waals surface area (Å²) in [6, 6.07) is 6.00. The molecule has 1 atom stereocenters. The first-order chi connectivity index (χ1) is 10.1. The number of benzene rings is 1. The predicted molar refractivity (Wildman–Crippen MR) is 94.7 cm³/mol. The molecule has 0 amide bonds. The van der Waals surface area contributed by atoms with Crippen LogP contribution in [0.5, 0.6) is 5.75 Å². The first-order valence-electron chi connectivity index (χ1n) is 6.97. The van der Waals surface area contributed by atoms with Gasteiger partial charge < -0.3 is 4.74 Å². The van der Waals surface area contributed by atoms with Crippen molar-refractivity contribution in [2.45, 2.75) is 31.0 Å². The number of thiophene rings is 1. The third-order valence-corrected chi connectivity index (χ3v) is 6.85. The number of ether oxygens (including phenoxy) is 1. The highest BCUT2D eigenvalue weighted by molar-refractivity contribution is 9.09. The number of halogens is 3. The van der Waals surface area contributed by atoms with Crippen molar-refractivity contribution in [2.75, 3.05) is 6.61 Å². The molecule has 0 aliphatic heterocycles. The zero-order valence-electron chi connectivity index (χ0n) is 11.6. The van der Waals surface area contributed by atoms with Crippen molar-refractivity contribution < 1.29 is 4.74 Å². The molecule has 0 fully saturated rings. The quantitative estimate of drug-likeness (QED) is 0.532. The maximum atomic E-state index is 6.41. The van der Waals surface area contributed by atoms with Crippen molar-refractivity contribution in [1.29, 1.82) is 0 Å². The molecule has 21 heavy (non-hydrogen) atoms. The van der Waals surface area contributed by atoms with Gasteiger partial charge in [0.25, 0.3) is 0 Å². The fourth-order valence-corrected chi connectivity index (χ4v) is 5.30. The minimum atomic E-state index is 0.0776. The summed E-state index contributed by atoms with van der Waals surface area (Å²) in [7, 11) is 0. The van der Waals surface area contributed by atoms with Gasteiger partial charge in [0.15, 0.2) is 0 Å². The Kier molecular flexibility index (Phi) is 4.84. The van der Waals surface area contributed by atoms with Crippen LogP contribution in [-0.4, -0.2) is 6.61 Å². The topological polar surface area (TPSA) is 9.23 Å². The van der Waals surface area contributed by atoms with Crippen LogP contribution in [0.3, 0.4) is 0 Å². The first kappa shape index (κ1) is 15.7. The van der Waals surface area contributed by atoms with Gasteiger partial charge in [-0.2, -0.15) is 0 Å². The van der Waals surface area contributed by atoms with Crippen LogP contribution in [0.15, 0.2) is 18.2 Å². The Bertz CT molecular complexity index is 647. The lowest BCUT2D eigenvalue weighted by Gasteiger charge is -2.14. The summed E-state index contributed by atoms with van der Waals surface area (Å²) in [4.78, 5) is 2.89. The van der Waals surface area contributed by atoms with Gasteiger partial charge in [0.1, 0.15) is 5.75 Å². The summed E-state index contributed by atoms with van der Waals surface area (Å²) >= 11 is 18.3. The highest BCUT2D eigenvalue weighted by Crippen LogP contribution is 2.44. The van der Waals surface area contributed by atoms with E-state index in [0.717, 1.165) is 5.56 Å². The van der Waals surface area contributed by atoms with Gasteiger partial charge in [-0.25, -0.2) is 0 Å². The van der Waals surface area contributed by atoms with E-state index in [4.69, 9.17) is 27.9 Å². The minimum Gasteiger partial charge on any atom is -0.492 e. The Morgan fingerprint density at radius 3 is 2.76 bits per heavy atom. The van der Waals surface area contributed by atoms with Crippen LogP contribution < -0.4 is 4.74 Å². The molecular weight excluding hydrogens is 391 g/mol. The molecule has 1 nitrogen and oxygen atoms in total. The lowest BCUT2D eigenvalue weighted by atomic mass is 10.1. The van der Waals surface area contributed by atoms with E-state index in [1.54, 1.807) is 6.07 Å². The number of alkyl halides is 1. The molecular formula is C16H15BrCl2OS. The summed E-state index contributed by atoms with van der Waals surface area (Å²) in [5.41, 5.74) is 2.48. The molecule has 5 heteroatoms. The fraction of sp³-hybridized carbons (Fsp3) is 0.375. The molecule has 0 saturated carbocycles. The maximum Gasteiger partial charge on any atom is 0.139 e. The number of fused-ring (bicyclic) bond motifs is 1. The molecule has 112 valence electrons. The monoisotopic (exact) mass is 404 g/mol. The molecule has 3 rings (SSSR count). The molecule has 0 saturated heterocycles. The highest BCUT2D eigenvalue weighted by Gasteiger charge is 2.22. The highest BCUT2D eigenvalue weighted by atomic mass is 79.9. The van der Waals surface area contributed by atoms with Crippen molar-refractivity contribution in [3.63, 3.8) is 0 Å². The molecule has 2 aromatic rings. The number of hydrogen-bond donors (Lipinski definition) is 0. The van der Waals surface area contributed by atoms with Gasteiger partial charge in [-0.05, 0) is 49.4 Å². The Labute approximate surface area is 147 Å². The van der Waals surface area contributed by atoms with E-state index < -0.39 is 0 Å². The Morgan fingerprint density at radius 1 is 1.24 bits per heavy atom. The van der Waals surface area contributed by atoms with Crippen LogP contribution in [0.25, 0.3) is 0 Å². The SMILES string of the molecule is CCOc1cc(Cl)c(C(Br)c2cc3c(s2)CCC3)cc1Cl. The Morgan fingerprint density at radius 2 is 2.05 bits per heavy atom. The lowest BCUT2D eigenvalue weighted by Crippen LogP contribution is -1.96. The summed E-state index contributed by atoms with van der Waals surface area (Å²) in [5.74, 6) is 0.640. The molecule has 1 heterocycles. The average Bonchev–Trinajstić information content (AvgIpc) is 3.03. The van der Waals surface area contributed by atoms with Crippen LogP contribution in [0, 0.1) is 0 Å². The van der Waals surface area contributed by atoms with Gasteiger partial charge in [-0.15, -0.1) is 11.3 Å². The smallest absolute Gasteiger partial charge is 0.139 e. The van der Waals surface area contributed by atoms with Gasteiger partial charge in [0.2, 0.25) is 0 Å². The van der Waals surface area contributed by atoms with Crippen LogP contribution in [0.1, 0.15) is 39.1 Å². The second-order valence-electron chi connectivity index (χ2n) is 5.05. The summed E-state index contributed by atoms with van der Waals surface area (Å²) in [6.07, 6.45) is 3.69. The standard InChI is InChI=1S/C16H15BrCl2OS/c1-2-20-13-8-11(18)10(7-12(13)19)16(17)15-6-9-4-3-5-14(9)21-15/h6-8,16H,2-5H2,1H3. The van der Waals surface area contributed by atoms with Gasteiger partial charge in [0, 0.05) is 20.8 Å². The van der Waals surface area contributed by atoms with Crippen molar-refractivity contribution >= 4 is 50.5 Å². The van der Waals surface area contributed by atoms with Crippen LogP contribution in [0.4, 0.5) is 0 Å². The Hall–Kier alpha value is -0.220. The number of aryl methyl sites for hydroxylation is 2. The third kappa shape index (κ3) is 3.12. The van der Waals surface area contributed by atoms with E-state index in [2.05, 4.69) is 22.0 Å². The maximum absolute atomic E-state index is 6.41. The summed E-state index contributed by atoms with van der Waals surface area (Å²) in [6.45, 7) is 2.50. The molecule has 1 aliphatic rings. The van der Waals surface area contributed by atoms with Crippen molar-refractivity contribution in [3.05, 3.63) is 49.1 Å². The van der Waals surface area contributed by atoms with Crippen LogP contribution in [0.2, 0.25) is 10.0 Å². The van der Waals surface area contributed by atoms with Crippen molar-refractivity contribution in [2.24, 2.45) is 0 Å². The van der Waals surface area contributed by atoms with Gasteiger partial charge in [-0.1, -0.05) is 39.1 Å². The molecule has 0 radical (unpaired) electrons. The lowest BCUT2D eigenvalue weighted by molar-refractivity contribution is 0.340. The molecule has 1 unspecified atom stereocenters. The molecule has 0 spiro atoms. The first-order valence-corrected chi connectivity index (χ1v) is 9.46. The predicted octanol–water partition coefficient (Wildman–Crippen LogP) is 6.43. The molecule has 0 bridgehead atoms. The fourth-order valence-electron chi connectivity index (χ4n) is 2.63. The summed E-state index contributed by atoms with van der Waals surface area (Å²) in [5, 5.41) is 1.28. The third-order valence-electron chi connectivity index (χ3n) is 3.64. The normalized spacial score (nSPS) is 15.0. The summed E-state index contributed by atoms with van der Waals surface area (Å²) < 4.78 is 5.48. The second kappa shape index (κ2) is 6.49. The zero-order chi connectivity index (χ0) is 15.0. The zero-order valence-corrected chi connectivity index (χ0v) is 15.5. The van der Waals surface area contributed by atoms with Gasteiger partial charge in [0.05, 0.1) is 16.5 Å². The van der Waals surface area contributed by atoms with Crippen molar-refractivity contribution in [3.8, 4) is 5.75 Å². The molecule has 1 aliphatic carbocycles. The molecule has 1 aromatic heterocycles. The van der Waals surface area contributed by atoms with E-state index in [-0.39, 0.29) is 4.83 Å². The van der Waals surface area contributed by atoms with E-state index in [0.29, 0.717) is 22.4 Å². The molecule has 0 N–H and O–H groups in total. The average molecular weight is 406 g/mol. The second-order valence-corrected chi connectivity index (χ2v) is 7.95. The van der Waals surface area contributed by atoms with E-state index >= 15 is 0 Å². The van der Waals surface area contributed by atoms with Gasteiger partial charge >= 0.3 is 0 Å². The van der Waals surface area contributed by atoms with E-state index in [1.165, 1.54) is 34.6 Å². The number of hydrogen-bond acceptors (Lipinski definition) is 2. The van der Waals surface area contributed by atoms with Gasteiger partial charge in [-0.3, -0.25) is 0 Å².